The smallest absolute Gasteiger partial charge is 0.217 e. The van der Waals surface area contributed by atoms with Crippen molar-refractivity contribution in [3.8, 4) is 0 Å². The van der Waals surface area contributed by atoms with E-state index in [0.717, 1.165) is 0 Å². The van der Waals surface area contributed by atoms with Gasteiger partial charge in [-0.05, 0) is 13.8 Å². The number of aliphatic hydroxyl groups is 7. The van der Waals surface area contributed by atoms with Crippen LogP contribution in [0.5, 0.6) is 0 Å². The third-order valence-electron chi connectivity index (χ3n) is 6.37. The first kappa shape index (κ1) is 28.8. The van der Waals surface area contributed by atoms with E-state index >= 15 is 0 Å². The summed E-state index contributed by atoms with van der Waals surface area (Å²) in [6, 6.07) is -1.30. The van der Waals surface area contributed by atoms with Crippen molar-refractivity contribution < 1.29 is 64.2 Å². The Morgan fingerprint density at radius 2 is 1.40 bits per heavy atom. The Kier molecular flexibility index (Phi) is 9.70. The molecule has 0 aromatic carbocycles. The normalized spacial score (nSPS) is 51.1. The van der Waals surface area contributed by atoms with E-state index in [9.17, 15) is 40.5 Å². The third-order valence-corrected chi connectivity index (χ3v) is 6.84. The molecule has 3 aliphatic heterocycles. The molecule has 15 heteroatoms. The van der Waals surface area contributed by atoms with Crippen molar-refractivity contribution in [1.82, 2.24) is 5.32 Å². The van der Waals surface area contributed by atoms with Crippen molar-refractivity contribution >= 4 is 17.5 Å². The summed E-state index contributed by atoms with van der Waals surface area (Å²) in [4.78, 5) is 11.6. The van der Waals surface area contributed by atoms with Crippen LogP contribution in [0.1, 0.15) is 20.8 Å². The van der Waals surface area contributed by atoms with E-state index in [1.165, 1.54) is 20.8 Å². The molecular formula is C20H34ClNO13. The summed E-state index contributed by atoms with van der Waals surface area (Å²) < 4.78 is 27.6. The number of aliphatic hydroxyl groups excluding tert-OH is 7. The molecule has 35 heavy (non-hydrogen) atoms. The van der Waals surface area contributed by atoms with Crippen molar-refractivity contribution in [2.75, 3.05) is 6.61 Å². The summed E-state index contributed by atoms with van der Waals surface area (Å²) >= 11 is 6.15. The second-order valence-electron chi connectivity index (χ2n) is 8.99. The molecule has 8 N–H and O–H groups in total. The van der Waals surface area contributed by atoms with E-state index < -0.39 is 104 Å². The largest absolute Gasteiger partial charge is 0.394 e. The van der Waals surface area contributed by atoms with Crippen LogP contribution in [0.2, 0.25) is 0 Å². The molecule has 3 rings (SSSR count). The molecule has 0 aromatic heterocycles. The van der Waals surface area contributed by atoms with Gasteiger partial charge in [-0.15, -0.1) is 11.6 Å². The van der Waals surface area contributed by atoms with Crippen molar-refractivity contribution in [1.29, 1.82) is 0 Å². The lowest BCUT2D eigenvalue weighted by atomic mass is 9.95. The van der Waals surface area contributed by atoms with Crippen molar-refractivity contribution in [3.05, 3.63) is 0 Å². The number of nitrogens with one attached hydrogen (secondary N) is 1. The summed E-state index contributed by atoms with van der Waals surface area (Å²) in [6.45, 7) is 3.43. The van der Waals surface area contributed by atoms with Crippen LogP contribution in [0.3, 0.4) is 0 Å². The van der Waals surface area contributed by atoms with Gasteiger partial charge in [-0.3, -0.25) is 4.79 Å². The lowest BCUT2D eigenvalue weighted by Gasteiger charge is -2.48. The summed E-state index contributed by atoms with van der Waals surface area (Å²) in [5.74, 6) is -0.575. The van der Waals surface area contributed by atoms with Gasteiger partial charge in [0.05, 0.1) is 18.8 Å². The van der Waals surface area contributed by atoms with Gasteiger partial charge in [0.15, 0.2) is 18.9 Å². The number of rotatable bonds is 6. The minimum absolute atomic E-state index is 0.575. The lowest BCUT2D eigenvalue weighted by molar-refractivity contribution is -0.357. The Labute approximate surface area is 206 Å². The average molecular weight is 532 g/mol. The number of carbonyl (C=O) groups excluding carboxylic acids is 1. The lowest BCUT2D eigenvalue weighted by Crippen LogP contribution is -2.68. The van der Waals surface area contributed by atoms with Crippen LogP contribution >= 0.6 is 11.6 Å². The van der Waals surface area contributed by atoms with E-state index in [4.69, 9.17) is 35.3 Å². The fraction of sp³-hybridized carbons (Fsp3) is 0.950. The van der Waals surface area contributed by atoms with E-state index in [1.54, 1.807) is 0 Å². The van der Waals surface area contributed by atoms with Crippen LogP contribution in [0, 0.1) is 0 Å². The molecule has 1 unspecified atom stereocenters. The molecule has 0 aliphatic carbocycles. The summed E-state index contributed by atoms with van der Waals surface area (Å²) in [6.07, 6.45) is -17.8. The van der Waals surface area contributed by atoms with Crippen LogP contribution in [0.25, 0.3) is 0 Å². The highest BCUT2D eigenvalue weighted by Gasteiger charge is 2.52. The molecule has 1 amide bonds. The molecule has 3 fully saturated rings. The van der Waals surface area contributed by atoms with Crippen LogP contribution in [-0.2, 0) is 28.5 Å². The molecule has 0 saturated carbocycles. The zero-order chi connectivity index (χ0) is 26.2. The fourth-order valence-electron chi connectivity index (χ4n) is 4.32. The van der Waals surface area contributed by atoms with Gasteiger partial charge in [0.25, 0.3) is 0 Å². The van der Waals surface area contributed by atoms with Crippen molar-refractivity contribution in [3.63, 3.8) is 0 Å². The zero-order valence-electron chi connectivity index (χ0n) is 19.3. The minimum Gasteiger partial charge on any atom is -0.394 e. The Morgan fingerprint density at radius 3 is 2.00 bits per heavy atom. The monoisotopic (exact) mass is 531 g/mol. The Hall–Kier alpha value is -0.720. The predicted molar refractivity (Wildman–Crippen MR) is 114 cm³/mol. The first-order valence-electron chi connectivity index (χ1n) is 11.2. The highest BCUT2D eigenvalue weighted by atomic mass is 35.5. The summed E-state index contributed by atoms with van der Waals surface area (Å²) in [5, 5.41) is 73.1. The second-order valence-corrected chi connectivity index (χ2v) is 9.50. The number of hydrogen-bond donors (Lipinski definition) is 8. The molecule has 0 bridgehead atoms. The van der Waals surface area contributed by atoms with Gasteiger partial charge in [0.1, 0.15) is 60.3 Å². The standard InChI is InChI=1S/C20H34ClNO13/c1-5-11(25)14(28)9(21)19(31-5)35-17-12(26)6(2)32-20(15(17)29)34-16-10(22-7(3)24)18(30)33-8(4-23)13(16)27/h5-6,8-20,23,25-30H,4H2,1-3H3,(H,22,24)/t5-,6-,8+,9+,10+,11-,12-,13+,14-,15+,16+,17+,18?,19-,20-/m0/s1. The molecule has 3 heterocycles. The van der Waals surface area contributed by atoms with E-state index in [1.807, 2.05) is 0 Å². The van der Waals surface area contributed by atoms with Crippen LogP contribution in [0.4, 0.5) is 0 Å². The number of ether oxygens (including phenoxy) is 5. The highest BCUT2D eigenvalue weighted by molar-refractivity contribution is 6.21. The van der Waals surface area contributed by atoms with E-state index in [0.29, 0.717) is 0 Å². The maximum Gasteiger partial charge on any atom is 0.217 e. The first-order valence-corrected chi connectivity index (χ1v) is 11.7. The fourth-order valence-corrected chi connectivity index (χ4v) is 4.58. The highest BCUT2D eigenvalue weighted by Crippen LogP contribution is 2.33. The predicted octanol–water partition coefficient (Wildman–Crippen LogP) is -4.13. The minimum atomic E-state index is -1.70. The molecule has 3 saturated heterocycles. The van der Waals surface area contributed by atoms with Gasteiger partial charge in [0.2, 0.25) is 5.91 Å². The molecule has 15 atom stereocenters. The van der Waals surface area contributed by atoms with Gasteiger partial charge >= 0.3 is 0 Å². The molecule has 3 aliphatic rings. The third kappa shape index (κ3) is 6.06. The quantitative estimate of drug-likeness (QED) is 0.153. The van der Waals surface area contributed by atoms with Crippen LogP contribution in [0.15, 0.2) is 0 Å². The summed E-state index contributed by atoms with van der Waals surface area (Å²) in [5.41, 5.74) is 0. The average Bonchev–Trinajstić information content (AvgIpc) is 2.80. The van der Waals surface area contributed by atoms with Crippen LogP contribution < -0.4 is 5.32 Å². The molecule has 14 nitrogen and oxygen atoms in total. The van der Waals surface area contributed by atoms with Gasteiger partial charge in [-0.25, -0.2) is 0 Å². The van der Waals surface area contributed by atoms with E-state index in [2.05, 4.69) is 5.32 Å². The van der Waals surface area contributed by atoms with Crippen molar-refractivity contribution in [2.24, 2.45) is 0 Å². The molecule has 204 valence electrons. The summed E-state index contributed by atoms with van der Waals surface area (Å²) in [7, 11) is 0. The van der Waals surface area contributed by atoms with Crippen molar-refractivity contribution in [2.45, 2.75) is 112 Å². The van der Waals surface area contributed by atoms with Crippen LogP contribution in [-0.4, -0.2) is 140 Å². The molecule has 0 radical (unpaired) electrons. The number of carbonyl (C=O) groups is 1. The number of amides is 1. The Balaban J connectivity index is 1.79. The number of hydrogen-bond acceptors (Lipinski definition) is 13. The molecule has 0 spiro atoms. The van der Waals surface area contributed by atoms with Gasteiger partial charge in [0, 0.05) is 6.92 Å². The molecule has 0 aromatic rings. The zero-order valence-corrected chi connectivity index (χ0v) is 20.1. The van der Waals surface area contributed by atoms with Gasteiger partial charge in [-0.2, -0.15) is 0 Å². The topological polar surface area (TPSA) is 217 Å². The SMILES string of the molecule is CC(=O)N[C@H]1C(O)O[C@H](CO)[C@@H](O)[C@@H]1O[C@@H]1O[C@@H](C)[C@H](O)[C@@H](O[C@@H]2O[C@@H](C)[C@H](O)[C@@H](O)[C@H]2Cl)[C@H]1O. The number of halogens is 1. The number of alkyl halides is 1. The van der Waals surface area contributed by atoms with E-state index in [-0.39, 0.29) is 0 Å². The Morgan fingerprint density at radius 1 is 0.829 bits per heavy atom. The Bertz CT molecular complexity index is 721. The maximum absolute atomic E-state index is 11.6. The first-order chi connectivity index (χ1) is 16.4. The maximum atomic E-state index is 11.6. The molecular weight excluding hydrogens is 498 g/mol. The van der Waals surface area contributed by atoms with Gasteiger partial charge in [-0.1, -0.05) is 0 Å². The van der Waals surface area contributed by atoms with Gasteiger partial charge < -0.3 is 64.7 Å². The second kappa shape index (κ2) is 11.8.